The highest BCUT2D eigenvalue weighted by Gasteiger charge is 2.38. The molecule has 0 aromatic heterocycles. The van der Waals surface area contributed by atoms with Crippen LogP contribution in [0.25, 0.3) is 0 Å². The van der Waals surface area contributed by atoms with Crippen LogP contribution in [0.2, 0.25) is 0 Å². The van der Waals surface area contributed by atoms with Crippen molar-refractivity contribution in [3.8, 4) is 0 Å². The van der Waals surface area contributed by atoms with E-state index in [1.54, 1.807) is 32.1 Å². The first-order chi connectivity index (χ1) is 8.45. The molecule has 0 aliphatic heterocycles. The fourth-order valence-electron chi connectivity index (χ4n) is 4.95. The topological polar surface area (TPSA) is 0 Å². The normalized spacial score (nSPS) is 34.2. The van der Waals surface area contributed by atoms with Crippen LogP contribution in [0.4, 0.5) is 0 Å². The maximum atomic E-state index is 2.05. The van der Waals surface area contributed by atoms with E-state index in [9.17, 15) is 0 Å². The molecule has 1 radical (unpaired) electrons. The highest BCUT2D eigenvalue weighted by molar-refractivity contribution is 5.08. The summed E-state index contributed by atoms with van der Waals surface area (Å²) in [6.45, 7) is 0. The van der Waals surface area contributed by atoms with Gasteiger partial charge in [-0.1, -0.05) is 57.8 Å². The molecule has 0 nitrogen and oxygen atoms in total. The lowest BCUT2D eigenvalue weighted by Crippen LogP contribution is -2.26. The molecule has 0 aromatic carbocycles. The van der Waals surface area contributed by atoms with Gasteiger partial charge in [0.05, 0.1) is 0 Å². The van der Waals surface area contributed by atoms with E-state index in [1.807, 2.05) is 0 Å². The van der Waals surface area contributed by atoms with E-state index < -0.39 is 0 Å². The Labute approximate surface area is 108 Å². The fourth-order valence-corrected chi connectivity index (χ4v) is 4.95. The Morgan fingerprint density at radius 3 is 1.94 bits per heavy atom. The molecular formula is C17H29. The molecule has 17 heavy (non-hydrogen) atoms. The first-order valence-corrected chi connectivity index (χ1v) is 8.31. The van der Waals surface area contributed by atoms with Gasteiger partial charge in [0, 0.05) is 0 Å². The van der Waals surface area contributed by atoms with Crippen LogP contribution in [0.5, 0.6) is 0 Å². The lowest BCUT2D eigenvalue weighted by Gasteiger charge is -2.36. The summed E-state index contributed by atoms with van der Waals surface area (Å²) < 4.78 is 0. The van der Waals surface area contributed by atoms with E-state index in [2.05, 4.69) is 5.92 Å². The van der Waals surface area contributed by atoms with Crippen molar-refractivity contribution < 1.29 is 0 Å². The summed E-state index contributed by atoms with van der Waals surface area (Å²) in [5, 5.41) is 0. The minimum Gasteiger partial charge on any atom is -0.0533 e. The predicted octanol–water partition coefficient (Wildman–Crippen LogP) is 5.52. The van der Waals surface area contributed by atoms with Gasteiger partial charge in [-0.25, -0.2) is 0 Å². The Morgan fingerprint density at radius 1 is 0.588 bits per heavy atom. The van der Waals surface area contributed by atoms with Crippen molar-refractivity contribution in [3.63, 3.8) is 0 Å². The first kappa shape index (κ1) is 12.1. The monoisotopic (exact) mass is 233 g/mol. The molecule has 1 unspecified atom stereocenters. The molecule has 3 fully saturated rings. The standard InChI is InChI=1S/C17H29/c1-3-8-14(9-4-1)16-12-7-13-17(16)15-10-5-2-6-11-15/h14-16H,1-13H2. The van der Waals surface area contributed by atoms with Crippen LogP contribution >= 0.6 is 0 Å². The van der Waals surface area contributed by atoms with Gasteiger partial charge in [0.15, 0.2) is 0 Å². The first-order valence-electron chi connectivity index (χ1n) is 8.31. The molecule has 3 saturated carbocycles. The number of hydrogen-bond donors (Lipinski definition) is 0. The van der Waals surface area contributed by atoms with Crippen LogP contribution in [0.15, 0.2) is 0 Å². The van der Waals surface area contributed by atoms with Gasteiger partial charge in [-0.3, -0.25) is 0 Å². The van der Waals surface area contributed by atoms with Gasteiger partial charge in [0.1, 0.15) is 0 Å². The summed E-state index contributed by atoms with van der Waals surface area (Å²) in [6.07, 6.45) is 19.9. The quantitative estimate of drug-likeness (QED) is 0.589. The Balaban J connectivity index is 1.61. The third-order valence-electron chi connectivity index (χ3n) is 5.81. The van der Waals surface area contributed by atoms with Gasteiger partial charge in [-0.05, 0) is 49.4 Å². The SMILES string of the molecule is C1CCC([C]2CCCC2C2CCCCC2)CC1. The summed E-state index contributed by atoms with van der Waals surface area (Å²) in [5.74, 6) is 5.27. The molecule has 1 atom stereocenters. The molecule has 0 saturated heterocycles. The van der Waals surface area contributed by atoms with Crippen LogP contribution < -0.4 is 0 Å². The van der Waals surface area contributed by atoms with Crippen LogP contribution in [0, 0.1) is 23.7 Å². The van der Waals surface area contributed by atoms with Crippen LogP contribution in [-0.2, 0) is 0 Å². The largest absolute Gasteiger partial charge is 0.0533 e. The summed E-state index contributed by atoms with van der Waals surface area (Å²) in [5.41, 5.74) is 0. The zero-order valence-electron chi connectivity index (χ0n) is 11.4. The number of rotatable bonds is 2. The number of hydrogen-bond acceptors (Lipinski definition) is 0. The Kier molecular flexibility index (Phi) is 4.08. The van der Waals surface area contributed by atoms with E-state index in [1.165, 1.54) is 51.4 Å². The second kappa shape index (κ2) is 5.76. The zero-order chi connectivity index (χ0) is 11.5. The molecule has 0 aromatic rings. The molecule has 0 N–H and O–H groups in total. The smallest absolute Gasteiger partial charge is 0.0176 e. The summed E-state index contributed by atoms with van der Waals surface area (Å²) in [6, 6.07) is 0. The minimum absolute atomic E-state index is 1.05. The van der Waals surface area contributed by atoms with Gasteiger partial charge in [0.2, 0.25) is 0 Å². The predicted molar refractivity (Wildman–Crippen MR) is 73.7 cm³/mol. The van der Waals surface area contributed by atoms with Crippen molar-refractivity contribution in [2.75, 3.05) is 0 Å². The fraction of sp³-hybridized carbons (Fsp3) is 0.941. The molecule has 97 valence electrons. The van der Waals surface area contributed by atoms with E-state index >= 15 is 0 Å². The third-order valence-corrected chi connectivity index (χ3v) is 5.81. The van der Waals surface area contributed by atoms with Crippen molar-refractivity contribution in [2.24, 2.45) is 17.8 Å². The van der Waals surface area contributed by atoms with Crippen LogP contribution in [0.1, 0.15) is 83.5 Å². The van der Waals surface area contributed by atoms with Crippen LogP contribution in [0.3, 0.4) is 0 Å². The zero-order valence-corrected chi connectivity index (χ0v) is 11.4. The molecule has 3 aliphatic rings. The van der Waals surface area contributed by atoms with E-state index in [4.69, 9.17) is 0 Å². The second-order valence-electron chi connectivity index (χ2n) is 6.81. The Hall–Kier alpha value is 0. The van der Waals surface area contributed by atoms with Crippen molar-refractivity contribution >= 4 is 0 Å². The third kappa shape index (κ3) is 2.71. The van der Waals surface area contributed by atoms with Gasteiger partial charge in [-0.2, -0.15) is 0 Å². The molecule has 0 heterocycles. The molecule has 0 spiro atoms. The summed E-state index contributed by atoms with van der Waals surface area (Å²) >= 11 is 0. The lowest BCUT2D eigenvalue weighted by molar-refractivity contribution is 0.228. The average Bonchev–Trinajstić information content (AvgIpc) is 2.90. The maximum absolute atomic E-state index is 2.05. The highest BCUT2D eigenvalue weighted by Crippen LogP contribution is 2.50. The lowest BCUT2D eigenvalue weighted by atomic mass is 9.68. The van der Waals surface area contributed by atoms with E-state index in [0.717, 1.165) is 17.8 Å². The van der Waals surface area contributed by atoms with Crippen LogP contribution in [-0.4, -0.2) is 0 Å². The van der Waals surface area contributed by atoms with E-state index in [-0.39, 0.29) is 0 Å². The van der Waals surface area contributed by atoms with Crippen molar-refractivity contribution in [2.45, 2.75) is 83.5 Å². The van der Waals surface area contributed by atoms with Gasteiger partial charge in [-0.15, -0.1) is 0 Å². The van der Waals surface area contributed by atoms with Gasteiger partial charge >= 0.3 is 0 Å². The average molecular weight is 233 g/mol. The Bertz CT molecular complexity index is 196. The summed E-state index contributed by atoms with van der Waals surface area (Å²) in [4.78, 5) is 0. The van der Waals surface area contributed by atoms with Crippen molar-refractivity contribution in [1.82, 2.24) is 0 Å². The molecule has 3 aliphatic carbocycles. The van der Waals surface area contributed by atoms with E-state index in [0.29, 0.717) is 0 Å². The maximum Gasteiger partial charge on any atom is -0.0176 e. The minimum atomic E-state index is 1.05. The van der Waals surface area contributed by atoms with Gasteiger partial charge in [0.25, 0.3) is 0 Å². The molecule has 0 bridgehead atoms. The molecule has 0 heteroatoms. The molecule has 3 rings (SSSR count). The molecule has 0 amide bonds. The van der Waals surface area contributed by atoms with Crippen molar-refractivity contribution in [1.29, 1.82) is 0 Å². The van der Waals surface area contributed by atoms with Crippen molar-refractivity contribution in [3.05, 3.63) is 5.92 Å². The summed E-state index contributed by atoms with van der Waals surface area (Å²) in [7, 11) is 0. The molecular weight excluding hydrogens is 204 g/mol. The second-order valence-corrected chi connectivity index (χ2v) is 6.81. The van der Waals surface area contributed by atoms with Gasteiger partial charge < -0.3 is 0 Å². The highest BCUT2D eigenvalue weighted by atomic mass is 14.4. The Morgan fingerprint density at radius 2 is 1.24 bits per heavy atom.